The molecular formula is C12H25NO4. The number of carbonyl (C=O) groups excluding carboxylic acids is 1. The highest BCUT2D eigenvalue weighted by Gasteiger charge is 2.04. The van der Waals surface area contributed by atoms with Crippen molar-refractivity contribution in [2.45, 2.75) is 20.8 Å². The normalized spacial score (nSPS) is 10.8. The third kappa shape index (κ3) is 10.2. The number of hydrogen-bond donors (Lipinski definition) is 0. The van der Waals surface area contributed by atoms with Gasteiger partial charge in [-0.25, -0.2) is 4.79 Å². The molecule has 0 rings (SSSR count). The summed E-state index contributed by atoms with van der Waals surface area (Å²) in [4.78, 5) is 13.2. The van der Waals surface area contributed by atoms with Crippen molar-refractivity contribution in [2.75, 3.05) is 52.7 Å². The molecule has 0 atom stereocenters. The summed E-state index contributed by atoms with van der Waals surface area (Å²) in [7, 11) is 0. The maximum absolute atomic E-state index is 11.0. The molecule has 0 aromatic carbocycles. The second-order valence-electron chi connectivity index (χ2n) is 3.49. The van der Waals surface area contributed by atoms with Gasteiger partial charge in [-0.15, -0.1) is 0 Å². The van der Waals surface area contributed by atoms with Crippen LogP contribution in [-0.4, -0.2) is 63.5 Å². The van der Waals surface area contributed by atoms with E-state index in [9.17, 15) is 4.79 Å². The lowest BCUT2D eigenvalue weighted by molar-refractivity contribution is -0.148. The van der Waals surface area contributed by atoms with Gasteiger partial charge in [-0.2, -0.15) is 0 Å². The highest BCUT2D eigenvalue weighted by atomic mass is 16.6. The molecule has 0 saturated heterocycles. The quantitative estimate of drug-likeness (QED) is 0.401. The Balaban J connectivity index is 3.45. The maximum Gasteiger partial charge on any atom is 0.332 e. The van der Waals surface area contributed by atoms with E-state index in [2.05, 4.69) is 11.8 Å². The molecule has 17 heavy (non-hydrogen) atoms. The minimum absolute atomic E-state index is 0.0385. The van der Waals surface area contributed by atoms with Crippen molar-refractivity contribution >= 4 is 5.97 Å². The molecule has 0 N–H and O–H groups in total. The molecule has 0 aliphatic heterocycles. The average molecular weight is 247 g/mol. The summed E-state index contributed by atoms with van der Waals surface area (Å²) in [6.07, 6.45) is 0. The van der Waals surface area contributed by atoms with Crippen molar-refractivity contribution in [3.8, 4) is 0 Å². The highest BCUT2D eigenvalue weighted by molar-refractivity contribution is 5.70. The number of nitrogens with zero attached hydrogens (tertiary/aromatic N) is 1. The molecule has 0 saturated carbocycles. The zero-order chi connectivity index (χ0) is 12.9. The van der Waals surface area contributed by atoms with Crippen LogP contribution in [0.25, 0.3) is 0 Å². The number of hydrogen-bond acceptors (Lipinski definition) is 5. The first-order valence-electron chi connectivity index (χ1n) is 6.28. The minimum Gasteiger partial charge on any atom is -0.464 e. The van der Waals surface area contributed by atoms with Gasteiger partial charge in [0, 0.05) is 19.7 Å². The van der Waals surface area contributed by atoms with Crippen molar-refractivity contribution in [1.82, 2.24) is 4.90 Å². The van der Waals surface area contributed by atoms with Gasteiger partial charge in [0.1, 0.15) is 6.61 Å². The van der Waals surface area contributed by atoms with E-state index in [1.54, 1.807) is 6.92 Å². The molecule has 0 bridgehead atoms. The fourth-order valence-electron chi connectivity index (χ4n) is 1.32. The fraction of sp³-hybridized carbons (Fsp3) is 0.917. The molecule has 5 nitrogen and oxygen atoms in total. The third-order valence-corrected chi connectivity index (χ3v) is 2.28. The van der Waals surface area contributed by atoms with Crippen LogP contribution in [0.4, 0.5) is 0 Å². The van der Waals surface area contributed by atoms with E-state index in [0.717, 1.165) is 32.8 Å². The van der Waals surface area contributed by atoms with Crippen LogP contribution in [0, 0.1) is 0 Å². The second-order valence-corrected chi connectivity index (χ2v) is 3.49. The zero-order valence-electron chi connectivity index (χ0n) is 11.2. The molecule has 0 aromatic rings. The highest BCUT2D eigenvalue weighted by Crippen LogP contribution is 1.90. The SMILES string of the molecule is CCOCCN(CC)CCOCC(=O)OCC. The van der Waals surface area contributed by atoms with Gasteiger partial charge >= 0.3 is 5.97 Å². The number of rotatable bonds is 11. The van der Waals surface area contributed by atoms with Gasteiger partial charge in [0.15, 0.2) is 0 Å². The smallest absolute Gasteiger partial charge is 0.332 e. The van der Waals surface area contributed by atoms with Gasteiger partial charge in [0.25, 0.3) is 0 Å². The Labute approximate surface area is 104 Å². The first-order chi connectivity index (χ1) is 8.24. The van der Waals surface area contributed by atoms with Crippen molar-refractivity contribution < 1.29 is 19.0 Å². The molecule has 0 unspecified atom stereocenters. The van der Waals surface area contributed by atoms with Crippen molar-refractivity contribution in [3.05, 3.63) is 0 Å². The van der Waals surface area contributed by atoms with E-state index >= 15 is 0 Å². The zero-order valence-corrected chi connectivity index (χ0v) is 11.2. The second kappa shape index (κ2) is 11.8. The van der Waals surface area contributed by atoms with Crippen LogP contribution in [0.1, 0.15) is 20.8 Å². The summed E-state index contributed by atoms with van der Waals surface area (Å²) < 4.78 is 15.3. The Bertz CT molecular complexity index is 187. The standard InChI is InChI=1S/C12H25NO4/c1-4-13(7-9-15-5-2)8-10-16-11-12(14)17-6-3/h4-11H2,1-3H3. The van der Waals surface area contributed by atoms with E-state index in [1.807, 2.05) is 6.92 Å². The topological polar surface area (TPSA) is 48.0 Å². The van der Waals surface area contributed by atoms with E-state index < -0.39 is 0 Å². The summed E-state index contributed by atoms with van der Waals surface area (Å²) in [5.41, 5.74) is 0. The van der Waals surface area contributed by atoms with Crippen LogP contribution in [0.2, 0.25) is 0 Å². The lowest BCUT2D eigenvalue weighted by Gasteiger charge is -2.19. The Morgan fingerprint density at radius 2 is 1.65 bits per heavy atom. The molecular weight excluding hydrogens is 222 g/mol. The number of esters is 1. The predicted molar refractivity (Wildman–Crippen MR) is 66.1 cm³/mol. The van der Waals surface area contributed by atoms with Gasteiger partial charge in [-0.3, -0.25) is 4.90 Å². The molecule has 0 heterocycles. The van der Waals surface area contributed by atoms with Crippen molar-refractivity contribution in [1.29, 1.82) is 0 Å². The summed E-state index contributed by atoms with van der Waals surface area (Å²) >= 11 is 0. The predicted octanol–water partition coefficient (Wildman–Crippen LogP) is 0.925. The van der Waals surface area contributed by atoms with Crippen LogP contribution in [0.5, 0.6) is 0 Å². The Morgan fingerprint density at radius 3 is 2.18 bits per heavy atom. The maximum atomic E-state index is 11.0. The van der Waals surface area contributed by atoms with Crippen LogP contribution in [0.15, 0.2) is 0 Å². The Hall–Kier alpha value is -0.650. The number of likely N-dealkylation sites (N-methyl/N-ethyl adjacent to an activating group) is 1. The Kier molecular flexibility index (Phi) is 11.4. The van der Waals surface area contributed by atoms with Crippen molar-refractivity contribution in [3.63, 3.8) is 0 Å². The minimum atomic E-state index is -0.301. The first kappa shape index (κ1) is 16.4. The number of ether oxygens (including phenoxy) is 3. The monoisotopic (exact) mass is 247 g/mol. The van der Waals surface area contributed by atoms with E-state index in [0.29, 0.717) is 13.2 Å². The molecule has 5 heteroatoms. The van der Waals surface area contributed by atoms with Crippen LogP contribution in [-0.2, 0) is 19.0 Å². The fourth-order valence-corrected chi connectivity index (χ4v) is 1.32. The van der Waals surface area contributed by atoms with Gasteiger partial charge in [-0.05, 0) is 20.4 Å². The molecule has 0 radical (unpaired) electrons. The largest absolute Gasteiger partial charge is 0.464 e. The average Bonchev–Trinajstić information content (AvgIpc) is 2.32. The molecule has 102 valence electrons. The number of carbonyl (C=O) groups is 1. The first-order valence-corrected chi connectivity index (χ1v) is 6.28. The molecule has 0 spiro atoms. The molecule has 0 fully saturated rings. The van der Waals surface area contributed by atoms with E-state index in [4.69, 9.17) is 14.2 Å². The third-order valence-electron chi connectivity index (χ3n) is 2.28. The summed E-state index contributed by atoms with van der Waals surface area (Å²) in [6, 6.07) is 0. The molecule has 0 amide bonds. The van der Waals surface area contributed by atoms with Crippen LogP contribution < -0.4 is 0 Å². The summed E-state index contributed by atoms with van der Waals surface area (Å²) in [5, 5.41) is 0. The Morgan fingerprint density at radius 1 is 1.00 bits per heavy atom. The summed E-state index contributed by atoms with van der Waals surface area (Å²) in [6.45, 7) is 11.0. The van der Waals surface area contributed by atoms with E-state index in [-0.39, 0.29) is 12.6 Å². The summed E-state index contributed by atoms with van der Waals surface area (Å²) in [5.74, 6) is -0.301. The lowest BCUT2D eigenvalue weighted by atomic mass is 10.5. The van der Waals surface area contributed by atoms with Crippen LogP contribution in [0.3, 0.4) is 0 Å². The van der Waals surface area contributed by atoms with Crippen molar-refractivity contribution in [2.24, 2.45) is 0 Å². The van der Waals surface area contributed by atoms with E-state index in [1.165, 1.54) is 0 Å². The van der Waals surface area contributed by atoms with Gasteiger partial charge < -0.3 is 14.2 Å². The molecule has 0 aromatic heterocycles. The van der Waals surface area contributed by atoms with Gasteiger partial charge in [-0.1, -0.05) is 6.92 Å². The molecule has 0 aliphatic rings. The molecule has 0 aliphatic carbocycles. The van der Waals surface area contributed by atoms with Crippen LogP contribution >= 0.6 is 0 Å². The lowest BCUT2D eigenvalue weighted by Crippen LogP contribution is -2.31. The van der Waals surface area contributed by atoms with Gasteiger partial charge in [0.05, 0.1) is 19.8 Å². The van der Waals surface area contributed by atoms with Gasteiger partial charge in [0.2, 0.25) is 0 Å².